The molecule has 2 rings (SSSR count). The van der Waals surface area contributed by atoms with E-state index in [2.05, 4.69) is 4.98 Å². The number of nitrogens with zero attached hydrogens (tertiary/aromatic N) is 1. The van der Waals surface area contributed by atoms with Crippen LogP contribution in [0.1, 0.15) is 18.2 Å². The maximum atomic E-state index is 9.86. The summed E-state index contributed by atoms with van der Waals surface area (Å²) < 4.78 is 5.24. The highest BCUT2D eigenvalue weighted by molar-refractivity contribution is 6.31. The molecule has 0 spiro atoms. The number of ether oxygens (including phenoxy) is 1. The number of halogens is 1. The Balaban J connectivity index is 2.26. The lowest BCUT2D eigenvalue weighted by Crippen LogP contribution is -2.05. The van der Waals surface area contributed by atoms with Gasteiger partial charge in [0.2, 0.25) is 0 Å². The number of pyridine rings is 1. The van der Waals surface area contributed by atoms with Gasteiger partial charge in [0.25, 0.3) is 0 Å². The SMILES string of the molecule is OC(C1=CCCO1)c1ncccc1Cl. The molecular formula is C10H10ClNO2. The summed E-state index contributed by atoms with van der Waals surface area (Å²) in [6, 6.07) is 3.42. The second-order valence-corrected chi connectivity index (χ2v) is 3.42. The van der Waals surface area contributed by atoms with Crippen molar-refractivity contribution >= 4 is 11.6 Å². The zero-order valence-corrected chi connectivity index (χ0v) is 8.24. The molecule has 0 radical (unpaired) electrons. The van der Waals surface area contributed by atoms with E-state index in [0.29, 0.717) is 23.1 Å². The van der Waals surface area contributed by atoms with Crippen molar-refractivity contribution in [3.63, 3.8) is 0 Å². The van der Waals surface area contributed by atoms with Gasteiger partial charge in [0, 0.05) is 12.6 Å². The lowest BCUT2D eigenvalue weighted by atomic mass is 10.2. The van der Waals surface area contributed by atoms with Crippen LogP contribution in [0.2, 0.25) is 5.02 Å². The smallest absolute Gasteiger partial charge is 0.154 e. The molecule has 0 saturated carbocycles. The molecular weight excluding hydrogens is 202 g/mol. The topological polar surface area (TPSA) is 42.4 Å². The summed E-state index contributed by atoms with van der Waals surface area (Å²) in [6.07, 6.45) is 3.44. The molecule has 0 aromatic carbocycles. The highest BCUT2D eigenvalue weighted by Gasteiger charge is 2.21. The van der Waals surface area contributed by atoms with Gasteiger partial charge < -0.3 is 9.84 Å². The lowest BCUT2D eigenvalue weighted by Gasteiger charge is -2.12. The quantitative estimate of drug-likeness (QED) is 0.815. The van der Waals surface area contributed by atoms with Crippen molar-refractivity contribution in [1.29, 1.82) is 0 Å². The zero-order valence-electron chi connectivity index (χ0n) is 7.48. The van der Waals surface area contributed by atoms with E-state index in [-0.39, 0.29) is 0 Å². The van der Waals surface area contributed by atoms with Gasteiger partial charge in [-0.05, 0) is 18.2 Å². The first-order valence-electron chi connectivity index (χ1n) is 4.40. The van der Waals surface area contributed by atoms with Crippen LogP contribution in [-0.2, 0) is 4.74 Å². The Bertz CT molecular complexity index is 365. The van der Waals surface area contributed by atoms with E-state index in [1.165, 1.54) is 0 Å². The Morgan fingerprint density at radius 2 is 2.43 bits per heavy atom. The largest absolute Gasteiger partial charge is 0.495 e. The number of aliphatic hydroxyl groups excluding tert-OH is 1. The van der Waals surface area contributed by atoms with E-state index in [1.807, 2.05) is 6.08 Å². The molecule has 0 bridgehead atoms. The van der Waals surface area contributed by atoms with Crippen molar-refractivity contribution < 1.29 is 9.84 Å². The molecule has 0 aliphatic carbocycles. The van der Waals surface area contributed by atoms with Crippen molar-refractivity contribution in [2.75, 3.05) is 6.61 Å². The minimum absolute atomic E-state index is 0.447. The summed E-state index contributed by atoms with van der Waals surface area (Å²) in [5.41, 5.74) is 0.447. The van der Waals surface area contributed by atoms with Crippen LogP contribution in [0.15, 0.2) is 30.2 Å². The van der Waals surface area contributed by atoms with Crippen LogP contribution in [-0.4, -0.2) is 16.7 Å². The third kappa shape index (κ3) is 1.74. The van der Waals surface area contributed by atoms with E-state index in [1.54, 1.807) is 18.3 Å². The van der Waals surface area contributed by atoms with Gasteiger partial charge in [-0.1, -0.05) is 11.6 Å². The Labute approximate surface area is 87.0 Å². The minimum atomic E-state index is -0.841. The van der Waals surface area contributed by atoms with E-state index in [0.717, 1.165) is 6.42 Å². The van der Waals surface area contributed by atoms with Crippen molar-refractivity contribution in [3.05, 3.63) is 40.9 Å². The Hall–Kier alpha value is -1.06. The van der Waals surface area contributed by atoms with E-state index in [9.17, 15) is 5.11 Å². The average molecular weight is 212 g/mol. The van der Waals surface area contributed by atoms with Gasteiger partial charge in [0.15, 0.2) is 6.10 Å². The van der Waals surface area contributed by atoms with Crippen LogP contribution < -0.4 is 0 Å². The number of hydrogen-bond acceptors (Lipinski definition) is 3. The van der Waals surface area contributed by atoms with E-state index < -0.39 is 6.10 Å². The van der Waals surface area contributed by atoms with Gasteiger partial charge in [-0.3, -0.25) is 4.98 Å². The van der Waals surface area contributed by atoms with E-state index in [4.69, 9.17) is 16.3 Å². The third-order valence-electron chi connectivity index (χ3n) is 2.05. The number of hydrogen-bond donors (Lipinski definition) is 1. The Morgan fingerprint density at radius 3 is 3.07 bits per heavy atom. The molecule has 0 amide bonds. The van der Waals surface area contributed by atoms with Gasteiger partial charge in [-0.2, -0.15) is 0 Å². The van der Waals surface area contributed by atoms with Crippen LogP contribution in [0.25, 0.3) is 0 Å². The standard InChI is InChI=1S/C10H10ClNO2/c11-7-3-1-5-12-9(7)10(13)8-4-2-6-14-8/h1,3-5,10,13H,2,6H2. The molecule has 3 nitrogen and oxygen atoms in total. The fourth-order valence-corrected chi connectivity index (χ4v) is 1.59. The van der Waals surface area contributed by atoms with Crippen LogP contribution >= 0.6 is 11.6 Å². The monoisotopic (exact) mass is 211 g/mol. The molecule has 4 heteroatoms. The van der Waals surface area contributed by atoms with Gasteiger partial charge in [-0.15, -0.1) is 0 Å². The molecule has 2 heterocycles. The molecule has 0 saturated heterocycles. The third-order valence-corrected chi connectivity index (χ3v) is 2.37. The van der Waals surface area contributed by atoms with Gasteiger partial charge in [-0.25, -0.2) is 0 Å². The highest BCUT2D eigenvalue weighted by atomic mass is 35.5. The second-order valence-electron chi connectivity index (χ2n) is 3.02. The van der Waals surface area contributed by atoms with Gasteiger partial charge >= 0.3 is 0 Å². The zero-order chi connectivity index (χ0) is 9.97. The second kappa shape index (κ2) is 3.98. The summed E-state index contributed by atoms with van der Waals surface area (Å²) >= 11 is 5.89. The van der Waals surface area contributed by atoms with Crippen LogP contribution in [0.5, 0.6) is 0 Å². The number of aromatic nitrogens is 1. The first kappa shape index (κ1) is 9.49. The summed E-state index contributed by atoms with van der Waals surface area (Å²) in [5.74, 6) is 0.547. The van der Waals surface area contributed by atoms with Crippen molar-refractivity contribution in [2.45, 2.75) is 12.5 Å². The van der Waals surface area contributed by atoms with Crippen molar-refractivity contribution in [1.82, 2.24) is 4.98 Å². The fourth-order valence-electron chi connectivity index (χ4n) is 1.36. The molecule has 1 N–H and O–H groups in total. The summed E-state index contributed by atoms with van der Waals surface area (Å²) in [6.45, 7) is 0.622. The van der Waals surface area contributed by atoms with Crippen LogP contribution in [0, 0.1) is 0 Å². The van der Waals surface area contributed by atoms with Crippen molar-refractivity contribution in [3.8, 4) is 0 Å². The summed E-state index contributed by atoms with van der Waals surface area (Å²) in [7, 11) is 0. The molecule has 1 aromatic rings. The molecule has 1 aliphatic rings. The fraction of sp³-hybridized carbons (Fsp3) is 0.300. The van der Waals surface area contributed by atoms with Crippen molar-refractivity contribution in [2.24, 2.45) is 0 Å². The van der Waals surface area contributed by atoms with Crippen LogP contribution in [0.4, 0.5) is 0 Å². The average Bonchev–Trinajstić information content (AvgIpc) is 2.70. The van der Waals surface area contributed by atoms with Crippen LogP contribution in [0.3, 0.4) is 0 Å². The molecule has 14 heavy (non-hydrogen) atoms. The normalized spacial score (nSPS) is 17.4. The number of rotatable bonds is 2. The maximum absolute atomic E-state index is 9.86. The predicted molar refractivity (Wildman–Crippen MR) is 52.9 cm³/mol. The van der Waals surface area contributed by atoms with Gasteiger partial charge in [0.1, 0.15) is 5.76 Å². The number of aliphatic hydroxyl groups is 1. The first-order valence-corrected chi connectivity index (χ1v) is 4.78. The summed E-state index contributed by atoms with van der Waals surface area (Å²) in [4.78, 5) is 4.02. The minimum Gasteiger partial charge on any atom is -0.495 e. The Morgan fingerprint density at radius 1 is 1.57 bits per heavy atom. The molecule has 1 atom stereocenters. The lowest BCUT2D eigenvalue weighted by molar-refractivity contribution is 0.116. The van der Waals surface area contributed by atoms with E-state index >= 15 is 0 Å². The predicted octanol–water partition coefficient (Wildman–Crippen LogP) is 2.07. The maximum Gasteiger partial charge on any atom is 0.154 e. The molecule has 1 aromatic heterocycles. The Kier molecular flexibility index (Phi) is 2.70. The summed E-state index contributed by atoms with van der Waals surface area (Å²) in [5, 5.41) is 10.3. The first-order chi connectivity index (χ1) is 6.79. The van der Waals surface area contributed by atoms with Gasteiger partial charge in [0.05, 0.1) is 17.3 Å². The molecule has 1 aliphatic heterocycles. The highest BCUT2D eigenvalue weighted by Crippen LogP contribution is 2.28. The molecule has 1 unspecified atom stereocenters. The molecule has 74 valence electrons. The molecule has 0 fully saturated rings.